The Labute approximate surface area is 109 Å². The Hall–Kier alpha value is -1.10. The first-order valence-electron chi connectivity index (χ1n) is 6.23. The van der Waals surface area contributed by atoms with Crippen LogP contribution in [0, 0.1) is 0 Å². The summed E-state index contributed by atoms with van der Waals surface area (Å²) in [6.07, 6.45) is -0.230. The average Bonchev–Trinajstić information content (AvgIpc) is 2.40. The highest BCUT2D eigenvalue weighted by Crippen LogP contribution is 2.24. The fourth-order valence-corrected chi connectivity index (χ4v) is 1.77. The lowest BCUT2D eigenvalue weighted by atomic mass is 10.1. The minimum absolute atomic E-state index is 0.181. The van der Waals surface area contributed by atoms with Crippen LogP contribution in [0.3, 0.4) is 0 Å². The molecule has 0 aliphatic rings. The van der Waals surface area contributed by atoms with Gasteiger partial charge in [0.05, 0.1) is 6.61 Å². The normalized spacial score (nSPS) is 12.7. The maximum atomic E-state index is 5.62. The number of benzene rings is 1. The number of hydrogen-bond donors (Lipinski definition) is 1. The molecule has 0 saturated carbocycles. The highest BCUT2D eigenvalue weighted by atomic mass is 16.7. The second kappa shape index (κ2) is 8.08. The van der Waals surface area contributed by atoms with E-state index in [0.29, 0.717) is 13.2 Å². The van der Waals surface area contributed by atoms with Gasteiger partial charge in [-0.3, -0.25) is 0 Å². The van der Waals surface area contributed by atoms with E-state index in [-0.39, 0.29) is 12.3 Å². The van der Waals surface area contributed by atoms with Gasteiger partial charge in [0.15, 0.2) is 6.29 Å². The van der Waals surface area contributed by atoms with Gasteiger partial charge >= 0.3 is 0 Å². The van der Waals surface area contributed by atoms with E-state index in [4.69, 9.17) is 14.2 Å². The first-order valence-corrected chi connectivity index (χ1v) is 6.23. The summed E-state index contributed by atoms with van der Waals surface area (Å²) in [5.41, 5.74) is 1.14. The largest absolute Gasteiger partial charge is 0.494 e. The van der Waals surface area contributed by atoms with Crippen LogP contribution in [-0.4, -0.2) is 33.7 Å². The van der Waals surface area contributed by atoms with E-state index in [1.807, 2.05) is 25.1 Å². The molecule has 102 valence electrons. The van der Waals surface area contributed by atoms with Gasteiger partial charge in [0.25, 0.3) is 0 Å². The zero-order chi connectivity index (χ0) is 13.4. The molecule has 4 nitrogen and oxygen atoms in total. The number of rotatable bonds is 8. The Morgan fingerprint density at radius 1 is 1.17 bits per heavy atom. The lowest BCUT2D eigenvalue weighted by Gasteiger charge is -2.20. The molecule has 1 N–H and O–H groups in total. The van der Waals surface area contributed by atoms with Crippen molar-refractivity contribution in [1.29, 1.82) is 0 Å². The molecule has 1 rings (SSSR count). The van der Waals surface area contributed by atoms with Crippen LogP contribution in [0.25, 0.3) is 0 Å². The molecule has 0 spiro atoms. The summed E-state index contributed by atoms with van der Waals surface area (Å²) >= 11 is 0. The molecule has 0 amide bonds. The third-order valence-electron chi connectivity index (χ3n) is 2.80. The van der Waals surface area contributed by atoms with Crippen molar-refractivity contribution < 1.29 is 14.2 Å². The highest BCUT2D eigenvalue weighted by molar-refractivity contribution is 5.35. The van der Waals surface area contributed by atoms with Gasteiger partial charge in [-0.1, -0.05) is 18.2 Å². The SMILES string of the molecule is CCOc1ccccc1C(C)NCC(OC)OC. The second-order valence-electron chi connectivity index (χ2n) is 4.00. The summed E-state index contributed by atoms with van der Waals surface area (Å²) < 4.78 is 15.9. The van der Waals surface area contributed by atoms with E-state index in [1.54, 1.807) is 14.2 Å². The van der Waals surface area contributed by atoms with Gasteiger partial charge < -0.3 is 19.5 Å². The topological polar surface area (TPSA) is 39.7 Å². The average molecular weight is 253 g/mol. The molecule has 1 atom stereocenters. The minimum atomic E-state index is -0.230. The predicted molar refractivity (Wildman–Crippen MR) is 71.8 cm³/mol. The van der Waals surface area contributed by atoms with Crippen molar-refractivity contribution in [3.05, 3.63) is 29.8 Å². The molecule has 0 aliphatic heterocycles. The van der Waals surface area contributed by atoms with Crippen LogP contribution >= 0.6 is 0 Å². The van der Waals surface area contributed by atoms with E-state index >= 15 is 0 Å². The van der Waals surface area contributed by atoms with Crippen LogP contribution in [0.1, 0.15) is 25.5 Å². The molecule has 0 fully saturated rings. The van der Waals surface area contributed by atoms with Gasteiger partial charge in [-0.05, 0) is 19.9 Å². The van der Waals surface area contributed by atoms with Crippen LogP contribution in [-0.2, 0) is 9.47 Å². The zero-order valence-corrected chi connectivity index (χ0v) is 11.6. The maximum Gasteiger partial charge on any atom is 0.169 e. The smallest absolute Gasteiger partial charge is 0.169 e. The molecule has 0 radical (unpaired) electrons. The molecule has 0 aromatic heterocycles. The molecular weight excluding hydrogens is 230 g/mol. The van der Waals surface area contributed by atoms with Crippen molar-refractivity contribution in [3.8, 4) is 5.75 Å². The molecule has 4 heteroatoms. The van der Waals surface area contributed by atoms with E-state index in [9.17, 15) is 0 Å². The Balaban J connectivity index is 2.62. The van der Waals surface area contributed by atoms with E-state index in [2.05, 4.69) is 18.3 Å². The third kappa shape index (κ3) is 4.29. The van der Waals surface area contributed by atoms with Crippen molar-refractivity contribution in [2.75, 3.05) is 27.4 Å². The first-order chi connectivity index (χ1) is 8.72. The summed E-state index contributed by atoms with van der Waals surface area (Å²) in [5, 5.41) is 3.37. The Kier molecular flexibility index (Phi) is 6.72. The minimum Gasteiger partial charge on any atom is -0.494 e. The van der Waals surface area contributed by atoms with Crippen LogP contribution in [0.15, 0.2) is 24.3 Å². The molecular formula is C14H23NO3. The summed E-state index contributed by atoms with van der Waals surface area (Å²) in [5.74, 6) is 0.923. The standard InChI is InChI=1S/C14H23NO3/c1-5-18-13-9-7-6-8-12(13)11(2)15-10-14(16-3)17-4/h6-9,11,14-15H,5,10H2,1-4H3. The van der Waals surface area contributed by atoms with E-state index in [1.165, 1.54) is 0 Å². The van der Waals surface area contributed by atoms with Crippen molar-refractivity contribution in [2.45, 2.75) is 26.2 Å². The van der Waals surface area contributed by atoms with Crippen LogP contribution < -0.4 is 10.1 Å². The van der Waals surface area contributed by atoms with Gasteiger partial charge in [0.2, 0.25) is 0 Å². The molecule has 1 aromatic carbocycles. The summed E-state index contributed by atoms with van der Waals surface area (Å²) in [4.78, 5) is 0. The Bertz CT molecular complexity index is 340. The fourth-order valence-electron chi connectivity index (χ4n) is 1.77. The molecule has 0 aliphatic carbocycles. The van der Waals surface area contributed by atoms with Gasteiger partial charge in [-0.2, -0.15) is 0 Å². The molecule has 0 bridgehead atoms. The van der Waals surface area contributed by atoms with Crippen molar-refractivity contribution >= 4 is 0 Å². The maximum absolute atomic E-state index is 5.62. The number of para-hydroxylation sites is 1. The van der Waals surface area contributed by atoms with Crippen molar-refractivity contribution in [1.82, 2.24) is 5.32 Å². The third-order valence-corrected chi connectivity index (χ3v) is 2.80. The van der Waals surface area contributed by atoms with Crippen LogP contribution in [0.5, 0.6) is 5.75 Å². The molecule has 1 aromatic rings. The lowest BCUT2D eigenvalue weighted by molar-refractivity contribution is -0.0997. The monoisotopic (exact) mass is 253 g/mol. The van der Waals surface area contributed by atoms with Gasteiger partial charge in [-0.15, -0.1) is 0 Å². The van der Waals surface area contributed by atoms with E-state index in [0.717, 1.165) is 11.3 Å². The predicted octanol–water partition coefficient (Wildman–Crippen LogP) is 2.35. The molecule has 18 heavy (non-hydrogen) atoms. The molecule has 0 heterocycles. The number of hydrogen-bond acceptors (Lipinski definition) is 4. The van der Waals surface area contributed by atoms with Gasteiger partial charge in [0.1, 0.15) is 5.75 Å². The van der Waals surface area contributed by atoms with Crippen LogP contribution in [0.2, 0.25) is 0 Å². The summed E-state index contributed by atoms with van der Waals surface area (Å²) in [6.45, 7) is 5.39. The molecule has 1 unspecified atom stereocenters. The first kappa shape index (κ1) is 15.0. The molecule has 0 saturated heterocycles. The summed E-state index contributed by atoms with van der Waals surface area (Å²) in [7, 11) is 3.27. The second-order valence-corrected chi connectivity index (χ2v) is 4.00. The quantitative estimate of drug-likeness (QED) is 0.722. The van der Waals surface area contributed by atoms with Crippen LogP contribution in [0.4, 0.5) is 0 Å². The Morgan fingerprint density at radius 3 is 2.44 bits per heavy atom. The lowest BCUT2D eigenvalue weighted by Crippen LogP contribution is -2.31. The highest BCUT2D eigenvalue weighted by Gasteiger charge is 2.13. The number of ether oxygens (including phenoxy) is 3. The Morgan fingerprint density at radius 2 is 1.83 bits per heavy atom. The zero-order valence-electron chi connectivity index (χ0n) is 11.6. The van der Waals surface area contributed by atoms with Crippen molar-refractivity contribution in [3.63, 3.8) is 0 Å². The number of methoxy groups -OCH3 is 2. The summed E-state index contributed by atoms with van der Waals surface area (Å²) in [6, 6.07) is 8.23. The van der Waals surface area contributed by atoms with Crippen molar-refractivity contribution in [2.24, 2.45) is 0 Å². The van der Waals surface area contributed by atoms with Gasteiger partial charge in [0, 0.05) is 32.4 Å². The fraction of sp³-hybridized carbons (Fsp3) is 0.571. The van der Waals surface area contributed by atoms with E-state index < -0.39 is 0 Å². The van der Waals surface area contributed by atoms with Gasteiger partial charge in [-0.25, -0.2) is 0 Å². The number of nitrogens with one attached hydrogen (secondary N) is 1.